The highest BCUT2D eigenvalue weighted by Gasteiger charge is 2.26. The van der Waals surface area contributed by atoms with Gasteiger partial charge >= 0.3 is 0 Å². The van der Waals surface area contributed by atoms with Crippen molar-refractivity contribution in [2.75, 3.05) is 6.61 Å². The minimum absolute atomic E-state index is 0.0715. The average molecular weight is 237 g/mol. The van der Waals surface area contributed by atoms with Crippen LogP contribution in [-0.2, 0) is 4.74 Å². The molecule has 1 aromatic rings. The standard InChI is InChI=1S/C11H15N3OS/c1-7-9(4-6-15-7)16-11-8(10(12)13)3-2-5-14-11/h2-3,5,7,9H,4,6H2,1H3,(H3,12,13). The molecule has 0 saturated carbocycles. The lowest BCUT2D eigenvalue weighted by Gasteiger charge is -2.14. The van der Waals surface area contributed by atoms with E-state index in [0.717, 1.165) is 18.1 Å². The number of nitrogens with two attached hydrogens (primary N) is 1. The van der Waals surface area contributed by atoms with Crippen molar-refractivity contribution in [1.82, 2.24) is 4.98 Å². The molecule has 2 unspecified atom stereocenters. The van der Waals surface area contributed by atoms with Crippen LogP contribution in [0.1, 0.15) is 18.9 Å². The summed E-state index contributed by atoms with van der Waals surface area (Å²) >= 11 is 1.66. The smallest absolute Gasteiger partial charge is 0.125 e. The number of nitrogen functional groups attached to an aromatic ring is 1. The third-order valence-electron chi connectivity index (χ3n) is 2.63. The number of amidine groups is 1. The predicted molar refractivity (Wildman–Crippen MR) is 64.9 cm³/mol. The number of aromatic nitrogens is 1. The summed E-state index contributed by atoms with van der Waals surface area (Å²) in [5.41, 5.74) is 6.24. The zero-order valence-corrected chi connectivity index (χ0v) is 9.96. The van der Waals surface area contributed by atoms with Crippen LogP contribution in [0.2, 0.25) is 0 Å². The van der Waals surface area contributed by atoms with Gasteiger partial charge < -0.3 is 10.5 Å². The van der Waals surface area contributed by atoms with Crippen LogP contribution in [0.15, 0.2) is 23.4 Å². The molecule has 0 radical (unpaired) electrons. The molecule has 2 atom stereocenters. The maximum atomic E-state index is 7.49. The number of hydrogen-bond donors (Lipinski definition) is 2. The minimum atomic E-state index is 0.0715. The lowest BCUT2D eigenvalue weighted by molar-refractivity contribution is 0.127. The van der Waals surface area contributed by atoms with Crippen molar-refractivity contribution in [1.29, 1.82) is 5.41 Å². The predicted octanol–water partition coefficient (Wildman–Crippen LogP) is 1.64. The van der Waals surface area contributed by atoms with Crippen molar-refractivity contribution >= 4 is 17.6 Å². The third kappa shape index (κ3) is 2.36. The third-order valence-corrected chi connectivity index (χ3v) is 4.10. The van der Waals surface area contributed by atoms with Crippen LogP contribution < -0.4 is 5.73 Å². The maximum Gasteiger partial charge on any atom is 0.125 e. The zero-order valence-electron chi connectivity index (χ0n) is 9.14. The van der Waals surface area contributed by atoms with Crippen molar-refractivity contribution < 1.29 is 4.74 Å². The van der Waals surface area contributed by atoms with Gasteiger partial charge in [-0.15, -0.1) is 0 Å². The molecule has 1 saturated heterocycles. The van der Waals surface area contributed by atoms with Crippen molar-refractivity contribution in [3.05, 3.63) is 23.9 Å². The summed E-state index contributed by atoms with van der Waals surface area (Å²) in [6.45, 7) is 2.88. The Kier molecular flexibility index (Phi) is 3.46. The molecule has 0 bridgehead atoms. The molecule has 3 N–H and O–H groups in total. The van der Waals surface area contributed by atoms with E-state index in [1.165, 1.54) is 0 Å². The van der Waals surface area contributed by atoms with E-state index in [0.29, 0.717) is 10.8 Å². The van der Waals surface area contributed by atoms with Crippen LogP contribution in [0.5, 0.6) is 0 Å². The average Bonchev–Trinajstić information content (AvgIpc) is 2.65. The number of ether oxygens (including phenoxy) is 1. The van der Waals surface area contributed by atoms with Crippen LogP contribution in [-0.4, -0.2) is 28.8 Å². The van der Waals surface area contributed by atoms with Gasteiger partial charge in [-0.3, -0.25) is 5.41 Å². The van der Waals surface area contributed by atoms with E-state index in [1.54, 1.807) is 24.0 Å². The zero-order chi connectivity index (χ0) is 11.5. The number of nitrogens with zero attached hydrogens (tertiary/aromatic N) is 1. The molecule has 0 spiro atoms. The highest BCUT2D eigenvalue weighted by atomic mass is 32.2. The number of nitrogens with one attached hydrogen (secondary N) is 1. The van der Waals surface area contributed by atoms with Gasteiger partial charge in [0.15, 0.2) is 0 Å². The first-order chi connectivity index (χ1) is 7.68. The van der Waals surface area contributed by atoms with Gasteiger partial charge in [0, 0.05) is 23.6 Å². The monoisotopic (exact) mass is 237 g/mol. The topological polar surface area (TPSA) is 72.0 Å². The summed E-state index contributed by atoms with van der Waals surface area (Å²) in [6, 6.07) is 3.63. The number of pyridine rings is 1. The number of hydrogen-bond acceptors (Lipinski definition) is 4. The van der Waals surface area contributed by atoms with Crippen LogP contribution in [0.3, 0.4) is 0 Å². The van der Waals surface area contributed by atoms with E-state index in [9.17, 15) is 0 Å². The number of rotatable bonds is 3. The second-order valence-corrected chi connectivity index (χ2v) is 5.02. The van der Waals surface area contributed by atoms with Gasteiger partial charge in [-0.1, -0.05) is 11.8 Å². The number of thioether (sulfide) groups is 1. The molecule has 16 heavy (non-hydrogen) atoms. The molecule has 1 aromatic heterocycles. The molecule has 0 aliphatic carbocycles. The van der Waals surface area contributed by atoms with Crippen molar-refractivity contribution in [3.8, 4) is 0 Å². The molecule has 0 aromatic carbocycles. The Morgan fingerprint density at radius 1 is 1.69 bits per heavy atom. The molecule has 4 nitrogen and oxygen atoms in total. The van der Waals surface area contributed by atoms with E-state index in [-0.39, 0.29) is 11.9 Å². The van der Waals surface area contributed by atoms with Crippen LogP contribution >= 0.6 is 11.8 Å². The Morgan fingerprint density at radius 2 is 2.50 bits per heavy atom. The Labute approximate surface area is 99.1 Å². The second kappa shape index (κ2) is 4.84. The Morgan fingerprint density at radius 3 is 3.12 bits per heavy atom. The molecular weight excluding hydrogens is 222 g/mol. The van der Waals surface area contributed by atoms with E-state index in [4.69, 9.17) is 15.9 Å². The lowest BCUT2D eigenvalue weighted by atomic mass is 10.2. The largest absolute Gasteiger partial charge is 0.384 e. The Bertz CT molecular complexity index is 397. The normalized spacial score (nSPS) is 24.6. The fourth-order valence-corrected chi connectivity index (χ4v) is 2.90. The molecule has 5 heteroatoms. The highest BCUT2D eigenvalue weighted by molar-refractivity contribution is 8.00. The summed E-state index contributed by atoms with van der Waals surface area (Å²) in [5, 5.41) is 8.73. The fraction of sp³-hybridized carbons (Fsp3) is 0.455. The van der Waals surface area contributed by atoms with E-state index >= 15 is 0 Å². The van der Waals surface area contributed by atoms with Crippen molar-refractivity contribution in [2.45, 2.75) is 29.7 Å². The van der Waals surface area contributed by atoms with Crippen LogP contribution in [0.25, 0.3) is 0 Å². The Hall–Kier alpha value is -1.07. The van der Waals surface area contributed by atoms with Gasteiger partial charge in [-0.05, 0) is 25.5 Å². The summed E-state index contributed by atoms with van der Waals surface area (Å²) in [4.78, 5) is 4.28. The highest BCUT2D eigenvalue weighted by Crippen LogP contribution is 2.32. The van der Waals surface area contributed by atoms with Gasteiger partial charge in [0.2, 0.25) is 0 Å². The molecule has 2 heterocycles. The van der Waals surface area contributed by atoms with Crippen molar-refractivity contribution in [2.24, 2.45) is 5.73 Å². The quantitative estimate of drug-likeness (QED) is 0.619. The molecule has 1 fully saturated rings. The first kappa shape index (κ1) is 11.4. The summed E-state index contributed by atoms with van der Waals surface area (Å²) in [7, 11) is 0. The fourth-order valence-electron chi connectivity index (χ4n) is 1.70. The van der Waals surface area contributed by atoms with E-state index < -0.39 is 0 Å². The van der Waals surface area contributed by atoms with Gasteiger partial charge in [-0.2, -0.15) is 0 Å². The summed E-state index contributed by atoms with van der Waals surface area (Å²) in [5.74, 6) is 0.0715. The van der Waals surface area contributed by atoms with E-state index in [2.05, 4.69) is 11.9 Å². The van der Waals surface area contributed by atoms with Gasteiger partial charge in [-0.25, -0.2) is 4.98 Å². The Balaban J connectivity index is 2.17. The first-order valence-electron chi connectivity index (χ1n) is 5.26. The van der Waals surface area contributed by atoms with Crippen LogP contribution in [0.4, 0.5) is 0 Å². The van der Waals surface area contributed by atoms with E-state index in [1.807, 2.05) is 6.07 Å². The minimum Gasteiger partial charge on any atom is -0.384 e. The van der Waals surface area contributed by atoms with Gasteiger partial charge in [0.1, 0.15) is 10.9 Å². The molecular formula is C11H15N3OS. The van der Waals surface area contributed by atoms with Crippen molar-refractivity contribution in [3.63, 3.8) is 0 Å². The molecule has 86 valence electrons. The first-order valence-corrected chi connectivity index (χ1v) is 6.14. The van der Waals surface area contributed by atoms with Crippen LogP contribution in [0, 0.1) is 5.41 Å². The molecule has 2 rings (SSSR count). The van der Waals surface area contributed by atoms with Gasteiger partial charge in [0.05, 0.1) is 6.10 Å². The summed E-state index contributed by atoms with van der Waals surface area (Å²) < 4.78 is 5.50. The molecule has 0 amide bonds. The maximum absolute atomic E-state index is 7.49. The summed E-state index contributed by atoms with van der Waals surface area (Å²) in [6.07, 6.45) is 3.00. The molecule has 1 aliphatic heterocycles. The van der Waals surface area contributed by atoms with Gasteiger partial charge in [0.25, 0.3) is 0 Å². The SMILES string of the molecule is CC1OCCC1Sc1ncccc1C(=N)N. The molecule has 1 aliphatic rings. The lowest BCUT2D eigenvalue weighted by Crippen LogP contribution is -2.17. The second-order valence-electron chi connectivity index (χ2n) is 3.79.